The number of carbonyl (C=O) groups excluding carboxylic acids is 3. The Labute approximate surface area is 253 Å². The molecule has 0 aliphatic carbocycles. The summed E-state index contributed by atoms with van der Waals surface area (Å²) >= 11 is 0. The molecule has 0 saturated carbocycles. The molecule has 226 valence electrons. The molecule has 11 heteroatoms. The van der Waals surface area contributed by atoms with Crippen molar-refractivity contribution in [3.05, 3.63) is 108 Å². The van der Waals surface area contributed by atoms with Crippen molar-refractivity contribution in [3.8, 4) is 0 Å². The molecule has 0 saturated heterocycles. The predicted octanol–water partition coefficient (Wildman–Crippen LogP) is 2.17. The zero-order valence-electron chi connectivity index (χ0n) is 23.9. The third kappa shape index (κ3) is 7.31. The molecule has 11 nitrogen and oxygen atoms in total. The molecule has 0 fully saturated rings. The van der Waals surface area contributed by atoms with Crippen molar-refractivity contribution in [1.29, 1.82) is 0 Å². The number of aromatic amines is 2. The number of aromatic nitrogens is 2. The van der Waals surface area contributed by atoms with Crippen LogP contribution in [0.5, 0.6) is 0 Å². The molecule has 0 spiro atoms. The van der Waals surface area contributed by atoms with E-state index in [1.807, 2.05) is 60.8 Å². The largest absolute Gasteiger partial charge is 0.480 e. The Hall–Kier alpha value is -5.42. The molecule has 0 radical (unpaired) electrons. The van der Waals surface area contributed by atoms with E-state index in [9.17, 15) is 19.2 Å². The van der Waals surface area contributed by atoms with Crippen LogP contribution < -0.4 is 21.7 Å². The standard InChI is InChI=1S/C33H34N6O5/c34-25(15-21-17-35-26-12-6-4-10-23(21)26)31(42)38-29(16-22-18-36-27-13-7-5-11-24(22)27)33(44)39-28(32(43)37-19-30(40)41)14-20-8-2-1-3-9-20/h1-13,17-18,25,28-29,35-36H,14-16,19,34H2,(H,37,43)(H,38,42)(H,39,44)(H,40,41). The lowest BCUT2D eigenvalue weighted by Crippen LogP contribution is -2.57. The zero-order chi connectivity index (χ0) is 31.1. The van der Waals surface area contributed by atoms with Crippen LogP contribution in [-0.4, -0.2) is 63.4 Å². The molecule has 3 amide bonds. The molecule has 2 aromatic heterocycles. The highest BCUT2D eigenvalue weighted by atomic mass is 16.4. The lowest BCUT2D eigenvalue weighted by molar-refractivity contribution is -0.138. The second-order valence-electron chi connectivity index (χ2n) is 10.7. The molecule has 2 heterocycles. The Morgan fingerprint density at radius 3 is 1.80 bits per heavy atom. The molecule has 5 rings (SSSR count). The van der Waals surface area contributed by atoms with Gasteiger partial charge in [0.05, 0.1) is 6.04 Å². The summed E-state index contributed by atoms with van der Waals surface area (Å²) in [4.78, 5) is 57.7. The number of para-hydroxylation sites is 2. The van der Waals surface area contributed by atoms with Crippen LogP contribution in [-0.2, 0) is 38.4 Å². The van der Waals surface area contributed by atoms with E-state index in [-0.39, 0.29) is 19.3 Å². The number of carboxylic acids is 1. The number of rotatable bonds is 13. The van der Waals surface area contributed by atoms with Gasteiger partial charge in [-0.1, -0.05) is 66.7 Å². The minimum atomic E-state index is -1.21. The number of hydrogen-bond acceptors (Lipinski definition) is 5. The SMILES string of the molecule is NC(Cc1c[nH]c2ccccc12)C(=O)NC(Cc1c[nH]c2ccccc12)C(=O)NC(Cc1ccccc1)C(=O)NCC(=O)O. The first-order valence-corrected chi connectivity index (χ1v) is 14.3. The molecule has 0 bridgehead atoms. The fraction of sp³-hybridized carbons (Fsp3) is 0.212. The fourth-order valence-electron chi connectivity index (χ4n) is 5.26. The summed E-state index contributed by atoms with van der Waals surface area (Å²) in [5.74, 6) is -2.99. The monoisotopic (exact) mass is 594 g/mol. The Morgan fingerprint density at radius 1 is 0.659 bits per heavy atom. The van der Waals surface area contributed by atoms with E-state index in [4.69, 9.17) is 10.8 Å². The van der Waals surface area contributed by atoms with E-state index in [1.54, 1.807) is 30.5 Å². The van der Waals surface area contributed by atoms with Gasteiger partial charge in [0.15, 0.2) is 0 Å². The molecule has 44 heavy (non-hydrogen) atoms. The van der Waals surface area contributed by atoms with Crippen molar-refractivity contribution in [2.24, 2.45) is 5.73 Å². The molecule has 3 aromatic carbocycles. The van der Waals surface area contributed by atoms with Gasteiger partial charge in [0.2, 0.25) is 17.7 Å². The number of H-pyrrole nitrogens is 2. The van der Waals surface area contributed by atoms with Crippen LogP contribution in [0.25, 0.3) is 21.8 Å². The van der Waals surface area contributed by atoms with Crippen LogP contribution in [0.3, 0.4) is 0 Å². The van der Waals surface area contributed by atoms with E-state index in [1.165, 1.54) is 0 Å². The highest BCUT2D eigenvalue weighted by Crippen LogP contribution is 2.21. The van der Waals surface area contributed by atoms with Crippen molar-refractivity contribution in [2.45, 2.75) is 37.4 Å². The first-order chi connectivity index (χ1) is 21.3. The van der Waals surface area contributed by atoms with Gasteiger partial charge in [0.25, 0.3) is 0 Å². The van der Waals surface area contributed by atoms with Gasteiger partial charge in [-0.05, 0) is 35.2 Å². The van der Waals surface area contributed by atoms with Gasteiger partial charge in [-0.2, -0.15) is 0 Å². The van der Waals surface area contributed by atoms with Gasteiger partial charge in [-0.3, -0.25) is 19.2 Å². The Morgan fingerprint density at radius 2 is 1.18 bits per heavy atom. The summed E-state index contributed by atoms with van der Waals surface area (Å²) < 4.78 is 0. The third-order valence-electron chi connectivity index (χ3n) is 7.51. The molecule has 0 aliphatic heterocycles. The predicted molar refractivity (Wildman–Crippen MR) is 167 cm³/mol. The number of fused-ring (bicyclic) bond motifs is 2. The third-order valence-corrected chi connectivity index (χ3v) is 7.51. The van der Waals surface area contributed by atoms with Crippen molar-refractivity contribution >= 4 is 45.5 Å². The summed E-state index contributed by atoms with van der Waals surface area (Å²) in [6, 6.07) is 21.2. The molecular weight excluding hydrogens is 560 g/mol. The Balaban J connectivity index is 1.37. The second-order valence-corrected chi connectivity index (χ2v) is 10.7. The van der Waals surface area contributed by atoms with E-state index >= 15 is 0 Å². The maximum absolute atomic E-state index is 13.8. The van der Waals surface area contributed by atoms with Crippen LogP contribution in [0.1, 0.15) is 16.7 Å². The van der Waals surface area contributed by atoms with Crippen molar-refractivity contribution < 1.29 is 24.3 Å². The number of aliphatic carboxylic acids is 1. The average molecular weight is 595 g/mol. The summed E-state index contributed by atoms with van der Waals surface area (Å²) in [5.41, 5.74) is 10.6. The first-order valence-electron chi connectivity index (χ1n) is 14.3. The van der Waals surface area contributed by atoms with Gasteiger partial charge in [0, 0.05) is 47.0 Å². The average Bonchev–Trinajstić information content (AvgIpc) is 3.63. The molecular formula is C33H34N6O5. The van der Waals surface area contributed by atoms with Gasteiger partial charge in [-0.25, -0.2) is 0 Å². The number of nitrogens with one attached hydrogen (secondary N) is 5. The number of carbonyl (C=O) groups is 4. The minimum Gasteiger partial charge on any atom is -0.480 e. The van der Waals surface area contributed by atoms with E-state index < -0.39 is 48.4 Å². The summed E-state index contributed by atoms with van der Waals surface area (Å²) in [6.45, 7) is -0.599. The first kappa shape index (κ1) is 30.1. The lowest BCUT2D eigenvalue weighted by Gasteiger charge is -2.24. The van der Waals surface area contributed by atoms with Gasteiger partial charge < -0.3 is 36.8 Å². The summed E-state index contributed by atoms with van der Waals surface area (Å²) in [5, 5.41) is 18.8. The maximum Gasteiger partial charge on any atom is 0.322 e. The van der Waals surface area contributed by atoms with Crippen LogP contribution in [0.15, 0.2) is 91.3 Å². The molecule has 5 aromatic rings. The maximum atomic E-state index is 13.8. The van der Waals surface area contributed by atoms with Crippen LogP contribution >= 0.6 is 0 Å². The molecule has 3 atom stereocenters. The Kier molecular flexibility index (Phi) is 9.36. The number of benzene rings is 3. The van der Waals surface area contributed by atoms with Gasteiger partial charge >= 0.3 is 5.97 Å². The minimum absolute atomic E-state index is 0.117. The summed E-state index contributed by atoms with van der Waals surface area (Å²) in [7, 11) is 0. The van der Waals surface area contributed by atoms with Gasteiger partial charge in [0.1, 0.15) is 18.6 Å². The van der Waals surface area contributed by atoms with Crippen LogP contribution in [0.2, 0.25) is 0 Å². The topological polar surface area (TPSA) is 182 Å². The number of amides is 3. The highest BCUT2D eigenvalue weighted by Gasteiger charge is 2.29. The van der Waals surface area contributed by atoms with Crippen molar-refractivity contribution in [2.75, 3.05) is 6.54 Å². The van der Waals surface area contributed by atoms with Gasteiger partial charge in [-0.15, -0.1) is 0 Å². The zero-order valence-corrected chi connectivity index (χ0v) is 23.9. The van der Waals surface area contributed by atoms with Crippen LogP contribution in [0.4, 0.5) is 0 Å². The fourth-order valence-corrected chi connectivity index (χ4v) is 5.26. The van der Waals surface area contributed by atoms with E-state index in [2.05, 4.69) is 25.9 Å². The highest BCUT2D eigenvalue weighted by molar-refractivity contribution is 5.95. The molecule has 0 aliphatic rings. The van der Waals surface area contributed by atoms with Crippen molar-refractivity contribution in [3.63, 3.8) is 0 Å². The quantitative estimate of drug-likeness (QED) is 0.110. The van der Waals surface area contributed by atoms with E-state index in [0.717, 1.165) is 38.5 Å². The van der Waals surface area contributed by atoms with Crippen LogP contribution in [0, 0.1) is 0 Å². The molecule has 3 unspecified atom stereocenters. The second kappa shape index (κ2) is 13.7. The number of carboxylic acid groups (broad SMARTS) is 1. The Bertz CT molecular complexity index is 1780. The van der Waals surface area contributed by atoms with Crippen molar-refractivity contribution in [1.82, 2.24) is 25.9 Å². The number of nitrogens with two attached hydrogens (primary N) is 1. The number of hydrogen-bond donors (Lipinski definition) is 7. The lowest BCUT2D eigenvalue weighted by atomic mass is 10.0. The molecule has 8 N–H and O–H groups in total. The summed E-state index contributed by atoms with van der Waals surface area (Å²) in [6.07, 6.45) is 4.08. The normalized spacial score (nSPS) is 13.2. The van der Waals surface area contributed by atoms with E-state index in [0.29, 0.717) is 0 Å². The smallest absolute Gasteiger partial charge is 0.322 e.